The number of nitrogens with zero attached hydrogens (tertiary/aromatic N) is 5. The van der Waals surface area contributed by atoms with Gasteiger partial charge in [0.25, 0.3) is 6.43 Å². The first-order valence-electron chi connectivity index (χ1n) is 11.1. The van der Waals surface area contributed by atoms with Crippen LogP contribution in [0.2, 0.25) is 0 Å². The zero-order chi connectivity index (χ0) is 23.0. The molecular weight excluding hydrogens is 460 g/mol. The predicted octanol–water partition coefficient (Wildman–Crippen LogP) is 5.05. The fraction of sp³-hybridized carbons (Fsp3) is 0.417. The van der Waals surface area contributed by atoms with Crippen LogP contribution < -0.4 is 4.31 Å². The van der Waals surface area contributed by atoms with E-state index >= 15 is 0 Å². The summed E-state index contributed by atoms with van der Waals surface area (Å²) in [5.41, 5.74) is 3.64. The highest BCUT2D eigenvalue weighted by Crippen LogP contribution is 2.26. The molecule has 2 aromatic carbocycles. The van der Waals surface area contributed by atoms with Crippen LogP contribution in [0.3, 0.4) is 0 Å². The Labute approximate surface area is 203 Å². The topological polar surface area (TPSA) is 34.4 Å². The fourth-order valence-corrected chi connectivity index (χ4v) is 5.44. The van der Waals surface area contributed by atoms with Gasteiger partial charge in [-0.15, -0.1) is 0 Å². The van der Waals surface area contributed by atoms with Gasteiger partial charge in [0.05, 0.1) is 12.3 Å². The van der Waals surface area contributed by atoms with Gasteiger partial charge in [0, 0.05) is 50.6 Å². The second kappa shape index (κ2) is 12.0. The van der Waals surface area contributed by atoms with E-state index in [0.717, 1.165) is 56.1 Å². The summed E-state index contributed by atoms with van der Waals surface area (Å²) in [4.78, 5) is 2.54. The van der Waals surface area contributed by atoms with E-state index in [1.54, 1.807) is 0 Å². The Balaban J connectivity index is 1.34. The first-order chi connectivity index (χ1) is 16.1. The minimum Gasteiger partial charge on any atom is -0.312 e. The van der Waals surface area contributed by atoms with Crippen LogP contribution in [0.1, 0.15) is 17.5 Å². The Bertz CT molecular complexity index is 945. The van der Waals surface area contributed by atoms with E-state index in [4.69, 9.17) is 0 Å². The Kier molecular flexibility index (Phi) is 8.77. The summed E-state index contributed by atoms with van der Waals surface area (Å²) in [6.07, 6.45) is -0.281. The van der Waals surface area contributed by atoms with Crippen LogP contribution in [-0.2, 0) is 6.54 Å². The number of halogens is 2. The molecule has 0 atom stereocenters. The molecule has 0 aromatic heterocycles. The molecule has 0 amide bonds. The first-order valence-corrected chi connectivity index (χ1v) is 13.2. The molecule has 1 saturated heterocycles. The van der Waals surface area contributed by atoms with E-state index in [0.29, 0.717) is 5.71 Å². The van der Waals surface area contributed by atoms with Gasteiger partial charge in [0.1, 0.15) is 5.71 Å². The molecule has 5 nitrogen and oxygen atoms in total. The van der Waals surface area contributed by atoms with Crippen molar-refractivity contribution in [3.63, 3.8) is 0 Å². The van der Waals surface area contributed by atoms with Gasteiger partial charge in [-0.05, 0) is 41.5 Å². The van der Waals surface area contributed by atoms with Crippen LogP contribution in [0.5, 0.6) is 0 Å². The number of alkyl halides is 2. The van der Waals surface area contributed by atoms with Gasteiger partial charge in [-0.25, -0.2) is 13.1 Å². The molecule has 0 bridgehead atoms. The maximum atomic E-state index is 12.8. The molecule has 0 saturated carbocycles. The summed E-state index contributed by atoms with van der Waals surface area (Å²) in [6, 6.07) is 18.4. The van der Waals surface area contributed by atoms with Crippen molar-refractivity contribution in [3.8, 4) is 0 Å². The Morgan fingerprint density at radius 3 is 2.33 bits per heavy atom. The smallest absolute Gasteiger partial charge is 0.278 e. The van der Waals surface area contributed by atoms with E-state index in [9.17, 15) is 8.78 Å². The van der Waals surface area contributed by atoms with Crippen LogP contribution in [0, 0.1) is 0 Å². The van der Waals surface area contributed by atoms with Crippen molar-refractivity contribution in [3.05, 3.63) is 65.7 Å². The van der Waals surface area contributed by atoms with E-state index < -0.39 is 6.43 Å². The molecule has 0 unspecified atom stereocenters. The number of anilines is 1. The summed E-state index contributed by atoms with van der Waals surface area (Å²) in [5, 5.41) is 7.56. The van der Waals surface area contributed by atoms with Gasteiger partial charge in [-0.2, -0.15) is 10.2 Å². The third kappa shape index (κ3) is 6.79. The van der Waals surface area contributed by atoms with Crippen LogP contribution in [0.15, 0.2) is 64.8 Å². The van der Waals surface area contributed by atoms with Gasteiger partial charge in [0.2, 0.25) is 0 Å². The molecule has 33 heavy (non-hydrogen) atoms. The van der Waals surface area contributed by atoms with Crippen molar-refractivity contribution in [1.82, 2.24) is 9.21 Å². The van der Waals surface area contributed by atoms with Crippen LogP contribution in [0.4, 0.5) is 14.5 Å². The SMILES string of the molecule is CSN1CCN(CCSN(Cc2ccc(C3=NN=C(C(F)F)C3)cc2)c2ccccc2)CC1. The zero-order valence-electron chi connectivity index (χ0n) is 18.7. The van der Waals surface area contributed by atoms with Crippen molar-refractivity contribution in [2.24, 2.45) is 10.2 Å². The van der Waals surface area contributed by atoms with Crippen molar-refractivity contribution in [2.75, 3.05) is 49.0 Å². The number of hydrogen-bond donors (Lipinski definition) is 0. The van der Waals surface area contributed by atoms with Crippen LogP contribution in [0.25, 0.3) is 0 Å². The van der Waals surface area contributed by atoms with Crippen LogP contribution in [-0.4, -0.2) is 71.8 Å². The summed E-state index contributed by atoms with van der Waals surface area (Å²) in [5.74, 6) is 1.02. The van der Waals surface area contributed by atoms with Crippen LogP contribution >= 0.6 is 23.9 Å². The lowest BCUT2D eigenvalue weighted by atomic mass is 10.0. The second-order valence-corrected chi connectivity index (χ2v) is 9.96. The minimum absolute atomic E-state index is 0.119. The predicted molar refractivity (Wildman–Crippen MR) is 138 cm³/mol. The van der Waals surface area contributed by atoms with Crippen molar-refractivity contribution >= 4 is 41.0 Å². The molecule has 0 spiro atoms. The maximum absolute atomic E-state index is 12.8. The Morgan fingerprint density at radius 1 is 0.970 bits per heavy atom. The Hall–Kier alpha value is -1.94. The number of para-hydroxylation sites is 1. The largest absolute Gasteiger partial charge is 0.312 e. The molecule has 2 aliphatic heterocycles. The number of benzene rings is 2. The highest BCUT2D eigenvalue weighted by atomic mass is 32.2. The molecule has 4 rings (SSSR count). The average molecular weight is 490 g/mol. The van der Waals surface area contributed by atoms with E-state index in [-0.39, 0.29) is 12.1 Å². The monoisotopic (exact) mass is 489 g/mol. The molecule has 9 heteroatoms. The molecule has 2 aliphatic rings. The van der Waals surface area contributed by atoms with Crippen molar-refractivity contribution in [2.45, 2.75) is 19.4 Å². The number of hydrogen-bond acceptors (Lipinski definition) is 7. The molecule has 176 valence electrons. The average Bonchev–Trinajstić information content (AvgIpc) is 3.36. The number of piperazine rings is 1. The zero-order valence-corrected chi connectivity index (χ0v) is 20.4. The molecule has 0 N–H and O–H groups in total. The van der Waals surface area contributed by atoms with Gasteiger partial charge in [-0.3, -0.25) is 4.90 Å². The Morgan fingerprint density at radius 2 is 1.70 bits per heavy atom. The van der Waals surface area contributed by atoms with Gasteiger partial charge in [-0.1, -0.05) is 54.4 Å². The van der Waals surface area contributed by atoms with Gasteiger partial charge < -0.3 is 4.31 Å². The highest BCUT2D eigenvalue weighted by molar-refractivity contribution is 8.00. The lowest BCUT2D eigenvalue weighted by Crippen LogP contribution is -2.44. The molecule has 1 fully saturated rings. The highest BCUT2D eigenvalue weighted by Gasteiger charge is 2.22. The maximum Gasteiger partial charge on any atom is 0.278 e. The molecule has 0 aliphatic carbocycles. The van der Waals surface area contributed by atoms with Gasteiger partial charge in [0.15, 0.2) is 0 Å². The van der Waals surface area contributed by atoms with E-state index in [1.807, 2.05) is 42.1 Å². The third-order valence-corrected chi connectivity index (χ3v) is 7.70. The summed E-state index contributed by atoms with van der Waals surface area (Å²) in [7, 11) is 0. The standard InChI is InChI=1S/C24H29F2N5S2/c1-32-30-13-11-29(12-14-30)15-16-33-31(21-5-3-2-4-6-21)18-19-7-9-20(10-8-19)22-17-23(24(25)26)28-27-22/h2-10,24H,11-18H2,1H3. The first kappa shape index (κ1) is 24.2. The second-order valence-electron chi connectivity index (χ2n) is 7.97. The van der Waals surface area contributed by atoms with Crippen molar-refractivity contribution in [1.29, 1.82) is 0 Å². The van der Waals surface area contributed by atoms with Crippen molar-refractivity contribution < 1.29 is 8.78 Å². The fourth-order valence-electron chi connectivity index (χ4n) is 3.84. The lowest BCUT2D eigenvalue weighted by Gasteiger charge is -2.33. The molecule has 2 heterocycles. The minimum atomic E-state index is -2.55. The van der Waals surface area contributed by atoms with E-state index in [1.165, 1.54) is 5.69 Å². The summed E-state index contributed by atoms with van der Waals surface area (Å²) in [6.45, 7) is 6.32. The molecule has 2 aromatic rings. The number of rotatable bonds is 10. The lowest BCUT2D eigenvalue weighted by molar-refractivity contribution is 0.207. The molecule has 0 radical (unpaired) electrons. The third-order valence-electron chi connectivity index (χ3n) is 5.80. The van der Waals surface area contributed by atoms with E-state index in [2.05, 4.69) is 66.4 Å². The van der Waals surface area contributed by atoms with Gasteiger partial charge >= 0.3 is 0 Å². The molecular formula is C24H29F2N5S2. The summed E-state index contributed by atoms with van der Waals surface area (Å²) < 4.78 is 30.4. The normalized spacial score (nSPS) is 17.3. The summed E-state index contributed by atoms with van der Waals surface area (Å²) >= 11 is 3.68. The quantitative estimate of drug-likeness (QED) is 0.437.